The van der Waals surface area contributed by atoms with Gasteiger partial charge in [0.05, 0.1) is 5.75 Å². The SMILES string of the molecule is CCn1c(SCC(=O)Nc2ccc(C(C)=O)cc2)nnc1-c1c[nH]c2ccccc12. The molecule has 2 aromatic heterocycles. The summed E-state index contributed by atoms with van der Waals surface area (Å²) in [6, 6.07) is 14.9. The topological polar surface area (TPSA) is 92.7 Å². The summed E-state index contributed by atoms with van der Waals surface area (Å²) in [4.78, 5) is 27.0. The maximum absolute atomic E-state index is 12.4. The Balaban J connectivity index is 1.46. The van der Waals surface area contributed by atoms with E-state index in [0.29, 0.717) is 23.0 Å². The van der Waals surface area contributed by atoms with Crippen molar-refractivity contribution in [3.63, 3.8) is 0 Å². The van der Waals surface area contributed by atoms with Crippen LogP contribution in [0.3, 0.4) is 0 Å². The number of aromatic nitrogens is 4. The zero-order valence-electron chi connectivity index (χ0n) is 16.7. The summed E-state index contributed by atoms with van der Waals surface area (Å²) in [5.41, 5.74) is 3.30. The molecule has 30 heavy (non-hydrogen) atoms. The van der Waals surface area contributed by atoms with Crippen molar-refractivity contribution in [2.24, 2.45) is 0 Å². The van der Waals surface area contributed by atoms with Gasteiger partial charge in [-0.1, -0.05) is 30.0 Å². The highest BCUT2D eigenvalue weighted by atomic mass is 32.2. The number of hydrogen-bond donors (Lipinski definition) is 2. The van der Waals surface area contributed by atoms with Crippen LogP contribution in [0.15, 0.2) is 59.9 Å². The van der Waals surface area contributed by atoms with E-state index >= 15 is 0 Å². The van der Waals surface area contributed by atoms with Gasteiger partial charge in [-0.25, -0.2) is 0 Å². The highest BCUT2D eigenvalue weighted by Crippen LogP contribution is 2.30. The second-order valence-electron chi connectivity index (χ2n) is 6.77. The summed E-state index contributed by atoms with van der Waals surface area (Å²) in [6.07, 6.45) is 1.94. The largest absolute Gasteiger partial charge is 0.360 e. The minimum atomic E-state index is -0.144. The normalized spacial score (nSPS) is 11.0. The van der Waals surface area contributed by atoms with Gasteiger partial charge in [0, 0.05) is 40.5 Å². The molecule has 0 radical (unpaired) electrons. The lowest BCUT2D eigenvalue weighted by atomic mass is 10.1. The van der Waals surface area contributed by atoms with Gasteiger partial charge in [0.25, 0.3) is 0 Å². The van der Waals surface area contributed by atoms with E-state index in [1.54, 1.807) is 24.3 Å². The van der Waals surface area contributed by atoms with Crippen molar-refractivity contribution in [3.8, 4) is 11.4 Å². The van der Waals surface area contributed by atoms with Crippen LogP contribution in [0.2, 0.25) is 0 Å². The minimum Gasteiger partial charge on any atom is -0.360 e. The first-order chi connectivity index (χ1) is 14.6. The quantitative estimate of drug-likeness (QED) is 0.343. The number of amides is 1. The molecule has 4 rings (SSSR count). The minimum absolute atomic E-state index is 0.00617. The average Bonchev–Trinajstić information content (AvgIpc) is 3.36. The number of fused-ring (bicyclic) bond motifs is 1. The van der Waals surface area contributed by atoms with E-state index in [1.807, 2.05) is 42.0 Å². The van der Waals surface area contributed by atoms with Gasteiger partial charge in [-0.2, -0.15) is 0 Å². The van der Waals surface area contributed by atoms with Crippen LogP contribution >= 0.6 is 11.8 Å². The fourth-order valence-corrected chi connectivity index (χ4v) is 4.05. The maximum Gasteiger partial charge on any atom is 0.234 e. The molecule has 0 spiro atoms. The van der Waals surface area contributed by atoms with E-state index in [-0.39, 0.29) is 17.4 Å². The van der Waals surface area contributed by atoms with E-state index in [9.17, 15) is 9.59 Å². The van der Waals surface area contributed by atoms with Crippen LogP contribution in [0, 0.1) is 0 Å². The molecule has 0 bridgehead atoms. The zero-order valence-corrected chi connectivity index (χ0v) is 17.5. The van der Waals surface area contributed by atoms with Crippen LogP contribution < -0.4 is 5.32 Å². The summed E-state index contributed by atoms with van der Waals surface area (Å²) >= 11 is 1.34. The van der Waals surface area contributed by atoms with Crippen molar-refractivity contribution in [2.75, 3.05) is 11.1 Å². The van der Waals surface area contributed by atoms with E-state index in [1.165, 1.54) is 18.7 Å². The van der Waals surface area contributed by atoms with Crippen molar-refractivity contribution in [2.45, 2.75) is 25.5 Å². The van der Waals surface area contributed by atoms with E-state index in [0.717, 1.165) is 22.3 Å². The van der Waals surface area contributed by atoms with Crippen molar-refractivity contribution >= 4 is 40.0 Å². The van der Waals surface area contributed by atoms with Gasteiger partial charge in [-0.15, -0.1) is 10.2 Å². The maximum atomic E-state index is 12.4. The number of benzene rings is 2. The van der Waals surface area contributed by atoms with Crippen LogP contribution in [-0.2, 0) is 11.3 Å². The molecule has 0 unspecified atom stereocenters. The number of carbonyl (C=O) groups is 2. The second kappa shape index (κ2) is 8.54. The molecule has 7 nitrogen and oxygen atoms in total. The average molecular weight is 420 g/mol. The lowest BCUT2D eigenvalue weighted by Gasteiger charge is -2.08. The van der Waals surface area contributed by atoms with Crippen molar-refractivity contribution in [1.82, 2.24) is 19.7 Å². The Labute approximate surface area is 177 Å². The molecule has 0 aliphatic rings. The van der Waals surface area contributed by atoms with Gasteiger partial charge in [0.1, 0.15) is 0 Å². The smallest absolute Gasteiger partial charge is 0.234 e. The number of rotatable bonds is 7. The van der Waals surface area contributed by atoms with Gasteiger partial charge >= 0.3 is 0 Å². The summed E-state index contributed by atoms with van der Waals surface area (Å²) in [5, 5.41) is 13.3. The Morgan fingerprint density at radius 1 is 1.10 bits per heavy atom. The second-order valence-corrected chi connectivity index (χ2v) is 7.71. The zero-order chi connectivity index (χ0) is 21.1. The molecule has 0 saturated heterocycles. The molecule has 1 amide bonds. The molecule has 152 valence electrons. The number of nitrogens with one attached hydrogen (secondary N) is 2. The molecule has 0 aliphatic carbocycles. The van der Waals surface area contributed by atoms with Gasteiger partial charge in [0.2, 0.25) is 5.91 Å². The van der Waals surface area contributed by atoms with Crippen LogP contribution in [0.1, 0.15) is 24.2 Å². The van der Waals surface area contributed by atoms with Gasteiger partial charge < -0.3 is 14.9 Å². The number of thioether (sulfide) groups is 1. The molecule has 0 saturated carbocycles. The number of nitrogens with zero attached hydrogens (tertiary/aromatic N) is 3. The molecule has 2 aromatic carbocycles. The molecule has 2 N–H and O–H groups in total. The van der Waals surface area contributed by atoms with Crippen molar-refractivity contribution in [3.05, 3.63) is 60.3 Å². The predicted octanol–water partition coefficient (Wildman–Crippen LogP) is 4.38. The number of H-pyrrole nitrogens is 1. The Hall–Kier alpha value is -3.39. The van der Waals surface area contributed by atoms with E-state index in [2.05, 4.69) is 20.5 Å². The molecule has 0 atom stereocenters. The lowest BCUT2D eigenvalue weighted by Crippen LogP contribution is -2.14. The fraction of sp³-hybridized carbons (Fsp3) is 0.182. The molecule has 8 heteroatoms. The third-order valence-electron chi connectivity index (χ3n) is 4.77. The van der Waals surface area contributed by atoms with Crippen molar-refractivity contribution in [1.29, 1.82) is 0 Å². The fourth-order valence-electron chi connectivity index (χ4n) is 3.25. The number of anilines is 1. The third-order valence-corrected chi connectivity index (χ3v) is 5.74. The molecular formula is C22H21N5O2S. The van der Waals surface area contributed by atoms with Crippen molar-refractivity contribution < 1.29 is 9.59 Å². The van der Waals surface area contributed by atoms with E-state index in [4.69, 9.17) is 0 Å². The van der Waals surface area contributed by atoms with Gasteiger partial charge in [-0.3, -0.25) is 9.59 Å². The Kier molecular flexibility index (Phi) is 5.67. The molecular weight excluding hydrogens is 398 g/mol. The summed E-state index contributed by atoms with van der Waals surface area (Å²) in [5.74, 6) is 0.835. The Morgan fingerprint density at radius 2 is 1.87 bits per heavy atom. The highest BCUT2D eigenvalue weighted by Gasteiger charge is 2.17. The number of carbonyl (C=O) groups excluding carboxylic acids is 2. The Bertz CT molecular complexity index is 1210. The summed E-state index contributed by atoms with van der Waals surface area (Å²) in [7, 11) is 0. The van der Waals surface area contributed by atoms with E-state index < -0.39 is 0 Å². The molecule has 4 aromatic rings. The van der Waals surface area contributed by atoms with Gasteiger partial charge in [0.15, 0.2) is 16.8 Å². The first kappa shape index (κ1) is 19.9. The van der Waals surface area contributed by atoms with Crippen LogP contribution in [0.25, 0.3) is 22.3 Å². The van der Waals surface area contributed by atoms with Crippen LogP contribution in [0.4, 0.5) is 5.69 Å². The molecule has 0 aliphatic heterocycles. The first-order valence-corrected chi connectivity index (χ1v) is 10.6. The van der Waals surface area contributed by atoms with Crippen LogP contribution in [-0.4, -0.2) is 37.2 Å². The standard InChI is InChI=1S/C22H21N5O2S/c1-3-27-21(18-12-23-19-7-5-4-6-17(18)19)25-26-22(27)30-13-20(29)24-16-10-8-15(9-11-16)14(2)28/h4-12,23H,3,13H2,1-2H3,(H,24,29). The summed E-state index contributed by atoms with van der Waals surface area (Å²) < 4.78 is 2.01. The molecule has 0 fully saturated rings. The Morgan fingerprint density at radius 3 is 2.60 bits per heavy atom. The number of para-hydroxylation sites is 1. The number of hydrogen-bond acceptors (Lipinski definition) is 5. The first-order valence-electron chi connectivity index (χ1n) is 9.60. The summed E-state index contributed by atoms with van der Waals surface area (Å²) in [6.45, 7) is 4.24. The molecule has 2 heterocycles. The monoisotopic (exact) mass is 419 g/mol. The highest BCUT2D eigenvalue weighted by molar-refractivity contribution is 7.99. The number of ketones is 1. The lowest BCUT2D eigenvalue weighted by molar-refractivity contribution is -0.113. The third kappa shape index (κ3) is 3.99. The van der Waals surface area contributed by atoms with Crippen LogP contribution in [0.5, 0.6) is 0 Å². The van der Waals surface area contributed by atoms with Gasteiger partial charge in [-0.05, 0) is 44.2 Å². The number of aromatic amines is 1. The number of Topliss-reactive ketones (excluding diaryl/α,β-unsaturated/α-hetero) is 1. The predicted molar refractivity (Wildman–Crippen MR) is 119 cm³/mol.